The summed E-state index contributed by atoms with van der Waals surface area (Å²) in [6.07, 6.45) is 1.81. The Morgan fingerprint density at radius 1 is 1.27 bits per heavy atom. The van der Waals surface area contributed by atoms with Crippen molar-refractivity contribution in [2.24, 2.45) is 5.73 Å². The molecule has 2 aromatic heterocycles. The van der Waals surface area contributed by atoms with E-state index >= 15 is 0 Å². The van der Waals surface area contributed by atoms with E-state index in [1.165, 1.54) is 4.88 Å². The lowest BCUT2D eigenvalue weighted by Crippen LogP contribution is -2.17. The van der Waals surface area contributed by atoms with Crippen LogP contribution in [0.25, 0.3) is 0 Å². The van der Waals surface area contributed by atoms with Crippen molar-refractivity contribution in [2.45, 2.75) is 18.9 Å². The summed E-state index contributed by atoms with van der Waals surface area (Å²) in [7, 11) is 0. The fourth-order valence-electron chi connectivity index (χ4n) is 1.56. The van der Waals surface area contributed by atoms with Crippen LogP contribution in [0.15, 0.2) is 41.9 Å². The van der Waals surface area contributed by atoms with Crippen LogP contribution in [-0.2, 0) is 0 Å². The number of rotatable bonds is 3. The van der Waals surface area contributed by atoms with Crippen LogP contribution < -0.4 is 5.73 Å². The van der Waals surface area contributed by atoms with Crippen molar-refractivity contribution < 1.29 is 0 Å². The first-order chi connectivity index (χ1) is 7.29. The van der Waals surface area contributed by atoms with Crippen molar-refractivity contribution in [3.63, 3.8) is 0 Å². The first-order valence-corrected chi connectivity index (χ1v) is 5.87. The lowest BCUT2D eigenvalue weighted by atomic mass is 9.97. The van der Waals surface area contributed by atoms with Gasteiger partial charge in [-0.15, -0.1) is 11.3 Å². The summed E-state index contributed by atoms with van der Waals surface area (Å²) < 4.78 is 0. The van der Waals surface area contributed by atoms with Crippen molar-refractivity contribution in [1.29, 1.82) is 0 Å². The van der Waals surface area contributed by atoms with Crippen molar-refractivity contribution >= 4 is 11.3 Å². The van der Waals surface area contributed by atoms with Gasteiger partial charge in [0.05, 0.1) is 0 Å². The Kier molecular flexibility index (Phi) is 3.14. The first kappa shape index (κ1) is 10.3. The van der Waals surface area contributed by atoms with Crippen LogP contribution in [0.5, 0.6) is 0 Å². The number of hydrogen-bond acceptors (Lipinski definition) is 3. The second-order valence-electron chi connectivity index (χ2n) is 3.58. The molecule has 2 unspecified atom stereocenters. The van der Waals surface area contributed by atoms with Crippen LogP contribution >= 0.6 is 11.3 Å². The molecule has 2 nitrogen and oxygen atoms in total. The van der Waals surface area contributed by atoms with Crippen molar-refractivity contribution in [2.75, 3.05) is 0 Å². The largest absolute Gasteiger partial charge is 0.323 e. The SMILES string of the molecule is CC(c1ccccn1)C(N)c1cccs1. The minimum atomic E-state index is 0.0416. The zero-order valence-corrected chi connectivity index (χ0v) is 9.45. The Labute approximate surface area is 93.8 Å². The molecule has 0 aliphatic heterocycles. The van der Waals surface area contributed by atoms with Gasteiger partial charge in [-0.25, -0.2) is 0 Å². The molecule has 0 radical (unpaired) electrons. The molecule has 2 aromatic rings. The molecule has 0 aromatic carbocycles. The first-order valence-electron chi connectivity index (χ1n) is 4.99. The summed E-state index contributed by atoms with van der Waals surface area (Å²) in [6, 6.07) is 10.1. The van der Waals surface area contributed by atoms with Crippen LogP contribution in [0, 0.1) is 0 Å². The van der Waals surface area contributed by atoms with Crippen molar-refractivity contribution in [3.8, 4) is 0 Å². The quantitative estimate of drug-likeness (QED) is 0.860. The maximum Gasteiger partial charge on any atom is 0.0471 e. The Hall–Kier alpha value is -1.19. The number of aromatic nitrogens is 1. The van der Waals surface area contributed by atoms with E-state index in [9.17, 15) is 0 Å². The summed E-state index contributed by atoms with van der Waals surface area (Å²) in [5.74, 6) is 0.254. The van der Waals surface area contributed by atoms with Gasteiger partial charge in [0.1, 0.15) is 0 Å². The van der Waals surface area contributed by atoms with Crippen LogP contribution in [0.2, 0.25) is 0 Å². The summed E-state index contributed by atoms with van der Waals surface area (Å²) in [5.41, 5.74) is 7.24. The highest BCUT2D eigenvalue weighted by molar-refractivity contribution is 7.10. The number of nitrogens with two attached hydrogens (primary N) is 1. The van der Waals surface area contributed by atoms with Gasteiger partial charge in [0.25, 0.3) is 0 Å². The van der Waals surface area contributed by atoms with Gasteiger partial charge in [0.15, 0.2) is 0 Å². The zero-order valence-electron chi connectivity index (χ0n) is 8.63. The van der Waals surface area contributed by atoms with Crippen LogP contribution in [0.3, 0.4) is 0 Å². The number of thiophene rings is 1. The molecule has 78 valence electrons. The molecule has 3 heteroatoms. The second kappa shape index (κ2) is 4.55. The van der Waals surface area contributed by atoms with E-state index in [0.29, 0.717) is 0 Å². The second-order valence-corrected chi connectivity index (χ2v) is 4.56. The van der Waals surface area contributed by atoms with Gasteiger partial charge < -0.3 is 5.73 Å². The Balaban J connectivity index is 2.18. The van der Waals surface area contributed by atoms with Gasteiger partial charge in [-0.3, -0.25) is 4.98 Å². The summed E-state index contributed by atoms with van der Waals surface area (Å²) >= 11 is 1.70. The maximum absolute atomic E-state index is 6.19. The van der Waals surface area contributed by atoms with E-state index < -0.39 is 0 Å². The van der Waals surface area contributed by atoms with E-state index in [1.54, 1.807) is 11.3 Å². The molecule has 2 atom stereocenters. The van der Waals surface area contributed by atoms with E-state index in [2.05, 4.69) is 23.4 Å². The lowest BCUT2D eigenvalue weighted by Gasteiger charge is -2.17. The highest BCUT2D eigenvalue weighted by Crippen LogP contribution is 2.29. The van der Waals surface area contributed by atoms with Crippen LogP contribution in [0.1, 0.15) is 29.5 Å². The zero-order chi connectivity index (χ0) is 10.7. The Morgan fingerprint density at radius 3 is 2.73 bits per heavy atom. The van der Waals surface area contributed by atoms with Crippen molar-refractivity contribution in [3.05, 3.63) is 52.5 Å². The molecule has 15 heavy (non-hydrogen) atoms. The minimum Gasteiger partial charge on any atom is -0.323 e. The molecule has 2 N–H and O–H groups in total. The van der Waals surface area contributed by atoms with E-state index in [-0.39, 0.29) is 12.0 Å². The van der Waals surface area contributed by atoms with Gasteiger partial charge in [0, 0.05) is 28.7 Å². The molecule has 0 aliphatic rings. The van der Waals surface area contributed by atoms with Crippen LogP contribution in [0.4, 0.5) is 0 Å². The van der Waals surface area contributed by atoms with Gasteiger partial charge >= 0.3 is 0 Å². The maximum atomic E-state index is 6.19. The third-order valence-electron chi connectivity index (χ3n) is 2.56. The predicted molar refractivity (Wildman–Crippen MR) is 63.9 cm³/mol. The van der Waals surface area contributed by atoms with Gasteiger partial charge in [-0.1, -0.05) is 19.1 Å². The standard InChI is InChI=1S/C12H14N2S/c1-9(10-5-2-3-7-14-10)12(13)11-6-4-8-15-11/h2-9,12H,13H2,1H3. The van der Waals surface area contributed by atoms with E-state index in [1.807, 2.05) is 30.5 Å². The van der Waals surface area contributed by atoms with Gasteiger partial charge in [0.2, 0.25) is 0 Å². The third-order valence-corrected chi connectivity index (χ3v) is 3.54. The fraction of sp³-hybridized carbons (Fsp3) is 0.250. The topological polar surface area (TPSA) is 38.9 Å². The molecule has 0 amide bonds. The number of nitrogens with zero attached hydrogens (tertiary/aromatic N) is 1. The summed E-state index contributed by atoms with van der Waals surface area (Å²) in [4.78, 5) is 5.55. The molecular weight excluding hydrogens is 204 g/mol. The average Bonchev–Trinajstić information content (AvgIpc) is 2.82. The summed E-state index contributed by atoms with van der Waals surface area (Å²) in [5, 5.41) is 2.06. The molecule has 2 rings (SSSR count). The molecule has 0 saturated heterocycles. The number of hydrogen-bond donors (Lipinski definition) is 1. The highest BCUT2D eigenvalue weighted by Gasteiger charge is 2.18. The van der Waals surface area contributed by atoms with E-state index in [0.717, 1.165) is 5.69 Å². The van der Waals surface area contributed by atoms with Gasteiger partial charge in [-0.05, 0) is 23.6 Å². The molecule has 2 heterocycles. The molecule has 0 fully saturated rings. The predicted octanol–water partition coefficient (Wildman–Crippen LogP) is 2.95. The normalized spacial score (nSPS) is 14.8. The summed E-state index contributed by atoms with van der Waals surface area (Å²) in [6.45, 7) is 2.12. The van der Waals surface area contributed by atoms with Gasteiger partial charge in [-0.2, -0.15) is 0 Å². The molecular formula is C12H14N2S. The smallest absolute Gasteiger partial charge is 0.0471 e. The minimum absolute atomic E-state index is 0.0416. The van der Waals surface area contributed by atoms with Crippen LogP contribution in [-0.4, -0.2) is 4.98 Å². The van der Waals surface area contributed by atoms with E-state index in [4.69, 9.17) is 5.73 Å². The highest BCUT2D eigenvalue weighted by atomic mass is 32.1. The lowest BCUT2D eigenvalue weighted by molar-refractivity contribution is 0.592. The monoisotopic (exact) mass is 218 g/mol. The number of pyridine rings is 1. The average molecular weight is 218 g/mol. The fourth-order valence-corrected chi connectivity index (χ4v) is 2.39. The van der Waals surface area contributed by atoms with Crippen molar-refractivity contribution in [1.82, 2.24) is 4.98 Å². The molecule has 0 aliphatic carbocycles. The molecule has 0 saturated carbocycles. The Morgan fingerprint density at radius 2 is 2.13 bits per heavy atom. The third kappa shape index (κ3) is 2.25. The Bertz CT molecular complexity index is 397. The molecule has 0 spiro atoms. The molecule has 0 bridgehead atoms.